The highest BCUT2D eigenvalue weighted by Crippen LogP contribution is 2.32. The molecule has 0 fully saturated rings. The quantitative estimate of drug-likeness (QED) is 0.437. The number of halogens is 5. The van der Waals surface area contributed by atoms with Crippen LogP contribution in [0, 0.1) is 0 Å². The molecule has 0 spiro atoms. The Labute approximate surface area is 104 Å². The topological polar surface area (TPSA) is 26.3 Å². The smallest absolute Gasteiger partial charge is 0.351 e. The zero-order chi connectivity index (χ0) is 10.6. The van der Waals surface area contributed by atoms with Crippen LogP contribution in [0.3, 0.4) is 0 Å². The van der Waals surface area contributed by atoms with Gasteiger partial charge < -0.3 is 4.74 Å². The molecule has 7 heteroatoms. The van der Waals surface area contributed by atoms with E-state index < -0.39 is 5.97 Å². The first-order valence-corrected chi connectivity index (χ1v) is 5.07. The van der Waals surface area contributed by atoms with Gasteiger partial charge in [-0.2, -0.15) is 0 Å². The summed E-state index contributed by atoms with van der Waals surface area (Å²) in [7, 11) is 1.17. The Bertz CT molecular complexity index is 280. The van der Waals surface area contributed by atoms with Crippen LogP contribution < -0.4 is 0 Å². The summed E-state index contributed by atoms with van der Waals surface area (Å²) in [6.45, 7) is 0. The van der Waals surface area contributed by atoms with Crippen molar-refractivity contribution < 1.29 is 9.53 Å². The van der Waals surface area contributed by atoms with Gasteiger partial charge in [-0.25, -0.2) is 4.79 Å². The molecule has 0 radical (unpaired) electrons. The number of hydrogen-bond donors (Lipinski definition) is 0. The molecule has 0 aliphatic rings. The van der Waals surface area contributed by atoms with E-state index in [4.69, 9.17) is 46.4 Å². The van der Waals surface area contributed by atoms with Gasteiger partial charge in [0.2, 0.25) is 0 Å². The first kappa shape index (κ1) is 13.6. The minimum atomic E-state index is -0.782. The van der Waals surface area contributed by atoms with Gasteiger partial charge in [-0.1, -0.05) is 46.4 Å². The second kappa shape index (κ2) is 6.14. The third kappa shape index (κ3) is 4.09. The Hall–Kier alpha value is 0.590. The van der Waals surface area contributed by atoms with Crippen LogP contribution in [0.2, 0.25) is 0 Å². The molecule has 0 aromatic rings. The van der Waals surface area contributed by atoms with Gasteiger partial charge in [-0.3, -0.25) is 0 Å². The predicted molar refractivity (Wildman–Crippen MR) is 58.4 cm³/mol. The summed E-state index contributed by atoms with van der Waals surface area (Å²) in [6, 6.07) is 0. The number of ether oxygens (including phenoxy) is 1. The molecule has 0 aliphatic heterocycles. The fraction of sp³-hybridized carbons (Fsp3) is 0.167. The summed E-state index contributed by atoms with van der Waals surface area (Å²) in [6.07, 6.45) is 0. The molecular formula is C6H3BrCl4O2. The molecule has 0 aromatic heterocycles. The third-order valence-electron chi connectivity index (χ3n) is 0.916. The summed E-state index contributed by atoms with van der Waals surface area (Å²) in [5, 5.41) is -0.553. The monoisotopic (exact) mass is 326 g/mol. The molecule has 0 heterocycles. The maximum atomic E-state index is 10.8. The number of carbonyl (C=O) groups is 1. The van der Waals surface area contributed by atoms with Crippen LogP contribution in [0.5, 0.6) is 0 Å². The normalized spacial score (nSPS) is 14.6. The molecule has 0 bridgehead atoms. The average Bonchev–Trinajstić information content (AvgIpc) is 2.12. The molecule has 0 unspecified atom stereocenters. The van der Waals surface area contributed by atoms with E-state index in [9.17, 15) is 4.79 Å². The minimum Gasteiger partial charge on any atom is -0.465 e. The lowest BCUT2D eigenvalue weighted by molar-refractivity contribution is -0.135. The van der Waals surface area contributed by atoms with E-state index in [0.717, 1.165) is 0 Å². The van der Waals surface area contributed by atoms with E-state index in [2.05, 4.69) is 20.7 Å². The number of esters is 1. The van der Waals surface area contributed by atoms with Crippen molar-refractivity contribution in [2.45, 2.75) is 0 Å². The van der Waals surface area contributed by atoms with E-state index in [-0.39, 0.29) is 19.0 Å². The van der Waals surface area contributed by atoms with Crippen LogP contribution in [0.25, 0.3) is 0 Å². The molecule has 2 nitrogen and oxygen atoms in total. The molecule has 0 N–H and O–H groups in total. The second-order valence-corrected chi connectivity index (χ2v) is 4.46. The van der Waals surface area contributed by atoms with E-state index in [1.165, 1.54) is 7.11 Å². The molecule has 74 valence electrons. The lowest BCUT2D eigenvalue weighted by Crippen LogP contribution is -2.01. The number of allylic oxidation sites excluding steroid dienone is 2. The Morgan fingerprint density at radius 1 is 1.08 bits per heavy atom. The van der Waals surface area contributed by atoms with Gasteiger partial charge in [0.05, 0.1) is 17.2 Å². The number of carbonyl (C=O) groups excluding carboxylic acids is 1. The fourth-order valence-corrected chi connectivity index (χ4v) is 1.30. The molecular weight excluding hydrogens is 326 g/mol. The zero-order valence-electron chi connectivity index (χ0n) is 6.21. The van der Waals surface area contributed by atoms with Crippen molar-refractivity contribution in [2.75, 3.05) is 7.11 Å². The van der Waals surface area contributed by atoms with Crippen LogP contribution in [0.1, 0.15) is 0 Å². The summed E-state index contributed by atoms with van der Waals surface area (Å²) in [5.41, 5.74) is 0. The Kier molecular flexibility index (Phi) is 6.42. The van der Waals surface area contributed by atoms with E-state index in [1.54, 1.807) is 0 Å². The Balaban J connectivity index is 5.05. The maximum absolute atomic E-state index is 10.8. The lowest BCUT2D eigenvalue weighted by Gasteiger charge is -2.00. The molecule has 0 aromatic carbocycles. The van der Waals surface area contributed by atoms with Crippen molar-refractivity contribution in [3.63, 3.8) is 0 Å². The third-order valence-corrected chi connectivity index (χ3v) is 3.12. The van der Waals surface area contributed by atoms with E-state index >= 15 is 0 Å². The molecule has 13 heavy (non-hydrogen) atoms. The summed E-state index contributed by atoms with van der Waals surface area (Å²) >= 11 is 25.0. The van der Waals surface area contributed by atoms with E-state index in [0.29, 0.717) is 0 Å². The molecule has 0 saturated carbocycles. The van der Waals surface area contributed by atoms with Gasteiger partial charge >= 0.3 is 5.97 Å². The van der Waals surface area contributed by atoms with Crippen molar-refractivity contribution >= 4 is 68.3 Å². The van der Waals surface area contributed by atoms with Crippen molar-refractivity contribution in [1.29, 1.82) is 0 Å². The van der Waals surface area contributed by atoms with Crippen LogP contribution in [-0.4, -0.2) is 13.1 Å². The SMILES string of the molecule is COC(=O)/C(Cl)=C(Cl)\C(Cl)=C(/Cl)Br. The first-order valence-electron chi connectivity index (χ1n) is 2.76. The van der Waals surface area contributed by atoms with Crippen LogP contribution in [0.15, 0.2) is 19.0 Å². The minimum absolute atomic E-state index is 0.0567. The maximum Gasteiger partial charge on any atom is 0.351 e. The van der Waals surface area contributed by atoms with Crippen molar-refractivity contribution in [3.05, 3.63) is 19.0 Å². The fourth-order valence-electron chi connectivity index (χ4n) is 0.359. The Morgan fingerprint density at radius 3 is 1.85 bits per heavy atom. The summed E-state index contributed by atoms with van der Waals surface area (Å²) in [5.74, 6) is -0.782. The van der Waals surface area contributed by atoms with Crippen molar-refractivity contribution in [2.24, 2.45) is 0 Å². The summed E-state index contributed by atoms with van der Waals surface area (Å²) < 4.78 is 4.37. The Morgan fingerprint density at radius 2 is 1.54 bits per heavy atom. The number of rotatable bonds is 2. The molecule has 0 atom stereocenters. The van der Waals surface area contributed by atoms with E-state index in [1.807, 2.05) is 0 Å². The predicted octanol–water partition coefficient (Wildman–Crippen LogP) is 3.89. The number of methoxy groups -OCH3 is 1. The van der Waals surface area contributed by atoms with Crippen molar-refractivity contribution in [1.82, 2.24) is 0 Å². The highest BCUT2D eigenvalue weighted by molar-refractivity contribution is 9.12. The van der Waals surface area contributed by atoms with Crippen LogP contribution in [-0.2, 0) is 9.53 Å². The molecule has 0 aliphatic carbocycles. The van der Waals surface area contributed by atoms with Crippen LogP contribution >= 0.6 is 62.3 Å². The van der Waals surface area contributed by atoms with Gasteiger partial charge in [0.1, 0.15) is 8.97 Å². The average molecular weight is 329 g/mol. The van der Waals surface area contributed by atoms with Gasteiger partial charge in [0.25, 0.3) is 0 Å². The largest absolute Gasteiger partial charge is 0.465 e. The van der Waals surface area contributed by atoms with Crippen molar-refractivity contribution in [3.8, 4) is 0 Å². The highest BCUT2D eigenvalue weighted by atomic mass is 79.9. The standard InChI is InChI=1S/C6H3BrCl4O2/c1-13-6(12)4(10)2(8)3(9)5(7)11/h1H3/b4-2-,5-3+. The van der Waals surface area contributed by atoms with Gasteiger partial charge in [0, 0.05) is 0 Å². The summed E-state index contributed by atoms with van der Waals surface area (Å²) in [4.78, 5) is 10.8. The molecule has 0 saturated heterocycles. The molecule has 0 amide bonds. The van der Waals surface area contributed by atoms with Crippen LogP contribution in [0.4, 0.5) is 0 Å². The van der Waals surface area contributed by atoms with Gasteiger partial charge in [-0.05, 0) is 15.9 Å². The zero-order valence-corrected chi connectivity index (χ0v) is 10.8. The lowest BCUT2D eigenvalue weighted by atomic mass is 10.4. The number of hydrogen-bond acceptors (Lipinski definition) is 2. The first-order chi connectivity index (χ1) is 5.91. The van der Waals surface area contributed by atoms with Gasteiger partial charge in [0.15, 0.2) is 0 Å². The second-order valence-electron chi connectivity index (χ2n) is 1.69. The highest BCUT2D eigenvalue weighted by Gasteiger charge is 2.15. The van der Waals surface area contributed by atoms with Gasteiger partial charge in [-0.15, -0.1) is 0 Å². The molecule has 0 rings (SSSR count).